The van der Waals surface area contributed by atoms with Crippen molar-refractivity contribution in [1.29, 1.82) is 0 Å². The molecule has 1 aromatic heterocycles. The second kappa shape index (κ2) is 9.09. The van der Waals surface area contributed by atoms with E-state index in [1.807, 2.05) is 30.3 Å². The molecule has 2 aliphatic rings. The van der Waals surface area contributed by atoms with Gasteiger partial charge in [-0.3, -0.25) is 4.79 Å². The molecule has 35 heavy (non-hydrogen) atoms. The van der Waals surface area contributed by atoms with E-state index in [-0.39, 0.29) is 35.1 Å². The smallest absolute Gasteiger partial charge is 0.331 e. The summed E-state index contributed by atoms with van der Waals surface area (Å²) in [5.74, 6) is -0.871. The average molecular weight is 511 g/mol. The molecule has 0 radical (unpaired) electrons. The molecular formula is C26H23ClN2O5S. The van der Waals surface area contributed by atoms with Gasteiger partial charge in [0.25, 0.3) is 0 Å². The van der Waals surface area contributed by atoms with E-state index in [4.69, 9.17) is 16.3 Å². The molecule has 0 N–H and O–H groups in total. The summed E-state index contributed by atoms with van der Waals surface area (Å²) in [6.07, 6.45) is 3.96. The lowest BCUT2D eigenvalue weighted by Crippen LogP contribution is -2.13. The van der Waals surface area contributed by atoms with Crippen molar-refractivity contribution in [2.45, 2.75) is 25.8 Å². The SMILES string of the molecule is Cc1nn([C@@H]2CCS(=O)(=O)C2)c(Cl)c1/C=C/C(=O)OCC(=O)c1ccc2c(c1)-c1ccccc1C2. The van der Waals surface area contributed by atoms with Crippen molar-refractivity contribution in [3.05, 3.63) is 81.6 Å². The van der Waals surface area contributed by atoms with Gasteiger partial charge in [-0.25, -0.2) is 17.9 Å². The Hall–Kier alpha value is -3.23. The number of ketones is 1. The highest BCUT2D eigenvalue weighted by molar-refractivity contribution is 7.91. The maximum atomic E-state index is 12.7. The Balaban J connectivity index is 1.23. The highest BCUT2D eigenvalue weighted by Gasteiger charge is 2.31. The van der Waals surface area contributed by atoms with Gasteiger partial charge in [0.15, 0.2) is 22.2 Å². The summed E-state index contributed by atoms with van der Waals surface area (Å²) < 4.78 is 30.2. The van der Waals surface area contributed by atoms with Crippen molar-refractivity contribution in [2.75, 3.05) is 18.1 Å². The number of fused-ring (bicyclic) bond motifs is 3. The highest BCUT2D eigenvalue weighted by atomic mass is 35.5. The van der Waals surface area contributed by atoms with Crippen LogP contribution in [-0.4, -0.2) is 48.1 Å². The zero-order valence-corrected chi connectivity index (χ0v) is 20.6. The predicted molar refractivity (Wildman–Crippen MR) is 133 cm³/mol. The zero-order valence-electron chi connectivity index (χ0n) is 19.0. The van der Waals surface area contributed by atoms with E-state index in [9.17, 15) is 18.0 Å². The summed E-state index contributed by atoms with van der Waals surface area (Å²) in [6.45, 7) is 1.35. The largest absolute Gasteiger partial charge is 0.454 e. The minimum Gasteiger partial charge on any atom is -0.454 e. The molecule has 1 atom stereocenters. The summed E-state index contributed by atoms with van der Waals surface area (Å²) in [5, 5.41) is 4.62. The molecule has 0 unspecified atom stereocenters. The van der Waals surface area contributed by atoms with Crippen LogP contribution in [0.15, 0.2) is 48.5 Å². The Morgan fingerprint density at radius 1 is 1.17 bits per heavy atom. The fourth-order valence-electron chi connectivity index (χ4n) is 4.65. The Labute approximate surface area is 208 Å². The molecule has 180 valence electrons. The van der Waals surface area contributed by atoms with Crippen molar-refractivity contribution in [3.8, 4) is 11.1 Å². The van der Waals surface area contributed by atoms with Crippen molar-refractivity contribution < 1.29 is 22.7 Å². The summed E-state index contributed by atoms with van der Waals surface area (Å²) in [4.78, 5) is 24.9. The lowest BCUT2D eigenvalue weighted by molar-refractivity contribution is -0.136. The number of hydrogen-bond acceptors (Lipinski definition) is 6. The van der Waals surface area contributed by atoms with Gasteiger partial charge < -0.3 is 4.74 Å². The number of rotatable bonds is 6. The van der Waals surface area contributed by atoms with Crippen LogP contribution in [0.2, 0.25) is 5.15 Å². The number of carbonyl (C=O) groups is 2. The van der Waals surface area contributed by atoms with Gasteiger partial charge >= 0.3 is 5.97 Å². The minimum atomic E-state index is -3.09. The highest BCUT2D eigenvalue weighted by Crippen LogP contribution is 2.37. The van der Waals surface area contributed by atoms with Crippen LogP contribution in [0.5, 0.6) is 0 Å². The quantitative estimate of drug-likeness (QED) is 0.219. The van der Waals surface area contributed by atoms with E-state index in [0.717, 1.165) is 17.5 Å². The van der Waals surface area contributed by atoms with Crippen molar-refractivity contribution in [3.63, 3.8) is 0 Å². The van der Waals surface area contributed by atoms with Crippen LogP contribution < -0.4 is 0 Å². The number of esters is 1. The summed E-state index contributed by atoms with van der Waals surface area (Å²) >= 11 is 6.42. The number of halogens is 1. The molecule has 1 fully saturated rings. The summed E-state index contributed by atoms with van der Waals surface area (Å²) in [6, 6.07) is 13.3. The first-order valence-electron chi connectivity index (χ1n) is 11.3. The van der Waals surface area contributed by atoms with Gasteiger partial charge in [0.05, 0.1) is 23.2 Å². The van der Waals surface area contributed by atoms with Gasteiger partial charge in [0, 0.05) is 17.2 Å². The predicted octanol–water partition coefficient (Wildman–Crippen LogP) is 4.22. The van der Waals surface area contributed by atoms with Gasteiger partial charge in [-0.15, -0.1) is 0 Å². The lowest BCUT2D eigenvalue weighted by Gasteiger charge is -2.09. The summed E-state index contributed by atoms with van der Waals surface area (Å²) in [7, 11) is -3.09. The lowest BCUT2D eigenvalue weighted by atomic mass is 10.0. The zero-order chi connectivity index (χ0) is 24.7. The molecular weight excluding hydrogens is 488 g/mol. The number of aromatic nitrogens is 2. The van der Waals surface area contributed by atoms with Crippen LogP contribution in [-0.2, 0) is 25.8 Å². The molecule has 3 aromatic rings. The van der Waals surface area contributed by atoms with Crippen LogP contribution in [0.3, 0.4) is 0 Å². The number of nitrogens with zero attached hydrogens (tertiary/aromatic N) is 2. The van der Waals surface area contributed by atoms with Crippen LogP contribution in [0, 0.1) is 6.92 Å². The second-order valence-electron chi connectivity index (χ2n) is 8.86. The number of carbonyl (C=O) groups excluding carboxylic acids is 2. The van der Waals surface area contributed by atoms with E-state index >= 15 is 0 Å². The Kier molecular flexibility index (Phi) is 6.11. The first kappa shape index (κ1) is 23.5. The maximum absolute atomic E-state index is 12.7. The summed E-state index contributed by atoms with van der Waals surface area (Å²) in [5.41, 5.74) is 6.13. The topological polar surface area (TPSA) is 95.3 Å². The van der Waals surface area contributed by atoms with Crippen molar-refractivity contribution >= 4 is 39.3 Å². The molecule has 9 heteroatoms. The van der Waals surface area contributed by atoms with Crippen LogP contribution in [0.4, 0.5) is 0 Å². The van der Waals surface area contributed by atoms with Gasteiger partial charge in [0.1, 0.15) is 5.15 Å². The van der Waals surface area contributed by atoms with Crippen LogP contribution in [0.1, 0.15) is 45.2 Å². The number of benzene rings is 2. The number of sulfone groups is 1. The number of Topliss-reactive ketones (excluding diaryl/α,β-unsaturated/α-hetero) is 1. The van der Waals surface area contributed by atoms with Crippen LogP contribution in [0.25, 0.3) is 17.2 Å². The standard InChI is InChI=1S/C26H23ClN2O5S/c1-16-21(26(27)29(28-16)20-10-11-35(32,33)15-20)8-9-25(31)34-14-24(30)19-7-6-18-12-17-4-2-3-5-22(17)23(18)13-19/h2-9,13,20H,10-12,14-15H2,1H3/b9-8+/t20-/m1/s1. The molecule has 0 bridgehead atoms. The normalized spacial score (nSPS) is 17.9. The van der Waals surface area contributed by atoms with Crippen molar-refractivity contribution in [2.24, 2.45) is 0 Å². The number of ether oxygens (including phenoxy) is 1. The maximum Gasteiger partial charge on any atom is 0.331 e. The molecule has 5 rings (SSSR count). The molecule has 7 nitrogen and oxygen atoms in total. The molecule has 1 saturated heterocycles. The minimum absolute atomic E-state index is 0.00454. The first-order chi connectivity index (χ1) is 16.7. The van der Waals surface area contributed by atoms with E-state index in [1.54, 1.807) is 13.0 Å². The van der Waals surface area contributed by atoms with Crippen molar-refractivity contribution in [1.82, 2.24) is 9.78 Å². The van der Waals surface area contributed by atoms with Crippen LogP contribution >= 0.6 is 11.6 Å². The fourth-order valence-corrected chi connectivity index (χ4v) is 6.72. The average Bonchev–Trinajstić information content (AvgIpc) is 3.48. The molecule has 1 aliphatic carbocycles. The molecule has 1 aliphatic heterocycles. The molecule has 0 spiro atoms. The monoisotopic (exact) mass is 510 g/mol. The van der Waals surface area contributed by atoms with E-state index in [2.05, 4.69) is 11.2 Å². The number of hydrogen-bond donors (Lipinski definition) is 0. The Morgan fingerprint density at radius 3 is 2.71 bits per heavy atom. The first-order valence-corrected chi connectivity index (χ1v) is 13.5. The molecule has 0 amide bonds. The Bertz CT molecular complexity index is 1490. The Morgan fingerprint density at radius 2 is 1.94 bits per heavy atom. The fraction of sp³-hybridized carbons (Fsp3) is 0.269. The number of aryl methyl sites for hydroxylation is 1. The third-order valence-electron chi connectivity index (χ3n) is 6.48. The van der Waals surface area contributed by atoms with E-state index in [0.29, 0.717) is 23.2 Å². The molecule has 0 saturated carbocycles. The third kappa shape index (κ3) is 4.68. The van der Waals surface area contributed by atoms with Gasteiger partial charge in [-0.2, -0.15) is 5.10 Å². The second-order valence-corrected chi connectivity index (χ2v) is 11.4. The molecule has 2 aromatic carbocycles. The third-order valence-corrected chi connectivity index (χ3v) is 8.60. The van der Waals surface area contributed by atoms with Gasteiger partial charge in [-0.1, -0.05) is 48.0 Å². The van der Waals surface area contributed by atoms with E-state index in [1.165, 1.54) is 28.0 Å². The molecule has 2 heterocycles. The van der Waals surface area contributed by atoms with Gasteiger partial charge in [0.2, 0.25) is 0 Å². The van der Waals surface area contributed by atoms with Gasteiger partial charge in [-0.05, 0) is 54.2 Å². The van der Waals surface area contributed by atoms with E-state index < -0.39 is 15.8 Å².